The molecule has 0 atom stereocenters. The maximum Gasteiger partial charge on any atom is 0.242 e. The second-order valence-corrected chi connectivity index (χ2v) is 5.69. The standard InChI is InChI=1S/C21H15FN2O/c22-16-9-6-10-17(14-16)25-21-20(13-15-7-2-1-3-8-15)23-18-11-4-5-12-19(18)24-21/h1-12,14H,13H2. The monoisotopic (exact) mass is 330 g/mol. The lowest BCUT2D eigenvalue weighted by molar-refractivity contribution is 0.451. The van der Waals surface area contributed by atoms with E-state index in [2.05, 4.69) is 4.98 Å². The van der Waals surface area contributed by atoms with E-state index in [0.717, 1.165) is 16.6 Å². The van der Waals surface area contributed by atoms with Gasteiger partial charge in [0.05, 0.1) is 11.0 Å². The third kappa shape index (κ3) is 3.48. The van der Waals surface area contributed by atoms with Crippen LogP contribution in [0.5, 0.6) is 11.6 Å². The molecule has 122 valence electrons. The number of nitrogens with zero attached hydrogens (tertiary/aromatic N) is 2. The Hall–Kier alpha value is -3.27. The molecule has 0 radical (unpaired) electrons. The number of para-hydroxylation sites is 2. The zero-order chi connectivity index (χ0) is 17.1. The number of aromatic nitrogens is 2. The lowest BCUT2D eigenvalue weighted by Gasteiger charge is -2.11. The van der Waals surface area contributed by atoms with Crippen LogP contribution in [0.3, 0.4) is 0 Å². The van der Waals surface area contributed by atoms with E-state index >= 15 is 0 Å². The van der Waals surface area contributed by atoms with E-state index in [0.29, 0.717) is 23.7 Å². The fraction of sp³-hybridized carbons (Fsp3) is 0.0476. The van der Waals surface area contributed by atoms with Gasteiger partial charge in [-0.2, -0.15) is 0 Å². The lowest BCUT2D eigenvalue weighted by Crippen LogP contribution is -2.01. The van der Waals surface area contributed by atoms with Crippen LogP contribution in [0.15, 0.2) is 78.9 Å². The molecule has 0 saturated carbocycles. The van der Waals surface area contributed by atoms with Crippen molar-refractivity contribution >= 4 is 11.0 Å². The summed E-state index contributed by atoms with van der Waals surface area (Å²) in [7, 11) is 0. The molecule has 0 spiro atoms. The number of hydrogen-bond donors (Lipinski definition) is 0. The summed E-state index contributed by atoms with van der Waals surface area (Å²) in [6, 6.07) is 23.7. The molecular formula is C21H15FN2O. The Bertz CT molecular complexity index is 1020. The Labute approximate surface area is 144 Å². The molecule has 0 saturated heterocycles. The van der Waals surface area contributed by atoms with E-state index in [9.17, 15) is 4.39 Å². The highest BCUT2D eigenvalue weighted by Gasteiger charge is 2.12. The van der Waals surface area contributed by atoms with Crippen molar-refractivity contribution in [1.29, 1.82) is 0 Å². The summed E-state index contributed by atoms with van der Waals surface area (Å²) < 4.78 is 19.3. The molecule has 25 heavy (non-hydrogen) atoms. The normalized spacial score (nSPS) is 10.8. The quantitative estimate of drug-likeness (QED) is 0.519. The summed E-state index contributed by atoms with van der Waals surface area (Å²) in [5.74, 6) is 0.447. The smallest absolute Gasteiger partial charge is 0.242 e. The largest absolute Gasteiger partial charge is 0.437 e. The van der Waals surface area contributed by atoms with Gasteiger partial charge in [-0.15, -0.1) is 0 Å². The summed E-state index contributed by atoms with van der Waals surface area (Å²) >= 11 is 0. The van der Waals surface area contributed by atoms with Gasteiger partial charge in [0.25, 0.3) is 0 Å². The third-order valence-electron chi connectivity index (χ3n) is 3.83. The Morgan fingerprint density at radius 3 is 2.24 bits per heavy atom. The highest BCUT2D eigenvalue weighted by molar-refractivity contribution is 5.74. The van der Waals surface area contributed by atoms with Crippen molar-refractivity contribution in [2.24, 2.45) is 0 Å². The van der Waals surface area contributed by atoms with Gasteiger partial charge >= 0.3 is 0 Å². The molecule has 0 aliphatic heterocycles. The van der Waals surface area contributed by atoms with Crippen LogP contribution in [-0.4, -0.2) is 9.97 Å². The molecule has 4 heteroatoms. The Kier molecular flexibility index (Phi) is 4.09. The van der Waals surface area contributed by atoms with Gasteiger partial charge in [-0.3, -0.25) is 0 Å². The third-order valence-corrected chi connectivity index (χ3v) is 3.83. The Balaban J connectivity index is 1.78. The molecule has 1 aromatic heterocycles. The molecule has 0 aliphatic carbocycles. The molecular weight excluding hydrogens is 315 g/mol. The molecule has 4 aromatic rings. The molecule has 0 fully saturated rings. The fourth-order valence-corrected chi connectivity index (χ4v) is 2.65. The molecule has 0 bridgehead atoms. The number of ether oxygens (including phenoxy) is 1. The number of benzene rings is 3. The van der Waals surface area contributed by atoms with Crippen LogP contribution >= 0.6 is 0 Å². The zero-order valence-corrected chi connectivity index (χ0v) is 13.4. The van der Waals surface area contributed by atoms with Crippen molar-refractivity contribution in [3.63, 3.8) is 0 Å². The zero-order valence-electron chi connectivity index (χ0n) is 13.4. The summed E-state index contributed by atoms with van der Waals surface area (Å²) in [6.45, 7) is 0. The SMILES string of the molecule is Fc1cccc(Oc2nc3ccccc3nc2Cc2ccccc2)c1. The van der Waals surface area contributed by atoms with Crippen LogP contribution in [0, 0.1) is 5.82 Å². The van der Waals surface area contributed by atoms with Crippen molar-refractivity contribution < 1.29 is 9.13 Å². The van der Waals surface area contributed by atoms with E-state index in [1.807, 2.05) is 54.6 Å². The molecule has 0 aliphatic rings. The lowest BCUT2D eigenvalue weighted by atomic mass is 10.1. The van der Waals surface area contributed by atoms with E-state index in [4.69, 9.17) is 9.72 Å². The maximum atomic E-state index is 13.5. The average Bonchev–Trinajstić information content (AvgIpc) is 2.63. The topological polar surface area (TPSA) is 35.0 Å². The van der Waals surface area contributed by atoms with Crippen LogP contribution in [0.2, 0.25) is 0 Å². The molecule has 0 amide bonds. The van der Waals surface area contributed by atoms with Crippen LogP contribution in [0.4, 0.5) is 4.39 Å². The van der Waals surface area contributed by atoms with Crippen molar-refractivity contribution in [2.75, 3.05) is 0 Å². The molecule has 3 aromatic carbocycles. The molecule has 1 heterocycles. The number of halogens is 1. The summed E-state index contributed by atoms with van der Waals surface area (Å²) in [5, 5.41) is 0. The van der Waals surface area contributed by atoms with Crippen LogP contribution in [0.1, 0.15) is 11.3 Å². The van der Waals surface area contributed by atoms with Crippen LogP contribution in [-0.2, 0) is 6.42 Å². The second-order valence-electron chi connectivity index (χ2n) is 5.69. The van der Waals surface area contributed by atoms with E-state index in [1.54, 1.807) is 12.1 Å². The van der Waals surface area contributed by atoms with Gasteiger partial charge in [-0.1, -0.05) is 48.5 Å². The average molecular weight is 330 g/mol. The first-order valence-corrected chi connectivity index (χ1v) is 8.01. The summed E-state index contributed by atoms with van der Waals surface area (Å²) in [6.07, 6.45) is 0.587. The van der Waals surface area contributed by atoms with E-state index in [-0.39, 0.29) is 5.82 Å². The molecule has 0 N–H and O–H groups in total. The minimum absolute atomic E-state index is 0.351. The van der Waals surface area contributed by atoms with Gasteiger partial charge in [0, 0.05) is 12.5 Å². The summed E-state index contributed by atoms with van der Waals surface area (Å²) in [4.78, 5) is 9.30. The van der Waals surface area contributed by atoms with Crippen molar-refractivity contribution in [3.05, 3.63) is 95.9 Å². The minimum atomic E-state index is -0.351. The summed E-state index contributed by atoms with van der Waals surface area (Å²) in [5.41, 5.74) is 3.37. The first-order chi connectivity index (χ1) is 12.3. The van der Waals surface area contributed by atoms with Crippen LogP contribution in [0.25, 0.3) is 11.0 Å². The second kappa shape index (κ2) is 6.69. The van der Waals surface area contributed by atoms with Crippen LogP contribution < -0.4 is 4.74 Å². The molecule has 0 unspecified atom stereocenters. The predicted octanol–water partition coefficient (Wildman–Crippen LogP) is 5.15. The van der Waals surface area contributed by atoms with E-state index in [1.165, 1.54) is 12.1 Å². The highest BCUT2D eigenvalue weighted by atomic mass is 19.1. The highest BCUT2D eigenvalue weighted by Crippen LogP contribution is 2.27. The molecule has 4 rings (SSSR count). The van der Waals surface area contributed by atoms with Gasteiger partial charge < -0.3 is 4.74 Å². The van der Waals surface area contributed by atoms with Gasteiger partial charge in [-0.25, -0.2) is 14.4 Å². The number of fused-ring (bicyclic) bond motifs is 1. The molecule has 3 nitrogen and oxygen atoms in total. The Morgan fingerprint density at radius 2 is 1.48 bits per heavy atom. The Morgan fingerprint density at radius 1 is 0.760 bits per heavy atom. The van der Waals surface area contributed by atoms with Crippen molar-refractivity contribution in [2.45, 2.75) is 6.42 Å². The first-order valence-electron chi connectivity index (χ1n) is 8.01. The van der Waals surface area contributed by atoms with Gasteiger partial charge in [-0.05, 0) is 29.8 Å². The van der Waals surface area contributed by atoms with Gasteiger partial charge in [0.15, 0.2) is 0 Å². The first kappa shape index (κ1) is 15.3. The maximum absolute atomic E-state index is 13.5. The fourth-order valence-electron chi connectivity index (χ4n) is 2.65. The van der Waals surface area contributed by atoms with Crippen molar-refractivity contribution in [1.82, 2.24) is 9.97 Å². The van der Waals surface area contributed by atoms with E-state index < -0.39 is 0 Å². The van der Waals surface area contributed by atoms with Gasteiger partial charge in [0.1, 0.15) is 17.3 Å². The van der Waals surface area contributed by atoms with Crippen molar-refractivity contribution in [3.8, 4) is 11.6 Å². The number of hydrogen-bond acceptors (Lipinski definition) is 3. The minimum Gasteiger partial charge on any atom is -0.437 e. The van der Waals surface area contributed by atoms with Gasteiger partial charge in [0.2, 0.25) is 5.88 Å². The number of rotatable bonds is 4. The predicted molar refractivity (Wildman–Crippen MR) is 95.3 cm³/mol.